The highest BCUT2D eigenvalue weighted by Gasteiger charge is 2.20. The van der Waals surface area contributed by atoms with Crippen LogP contribution in [0.5, 0.6) is 5.75 Å². The quantitative estimate of drug-likeness (QED) is 0.821. The summed E-state index contributed by atoms with van der Waals surface area (Å²) in [5.74, 6) is 0.959. The van der Waals surface area contributed by atoms with E-state index in [0.29, 0.717) is 6.04 Å². The summed E-state index contributed by atoms with van der Waals surface area (Å²) in [6.07, 6.45) is 1.90. The number of nitrogens with zero attached hydrogens (tertiary/aromatic N) is 2. The fraction of sp³-hybridized carbons (Fsp3) is 0.643. The van der Waals surface area contributed by atoms with E-state index < -0.39 is 0 Å². The van der Waals surface area contributed by atoms with Gasteiger partial charge in [-0.05, 0) is 20.8 Å². The molecule has 1 aliphatic rings. The minimum atomic E-state index is 0.451. The Morgan fingerprint density at radius 3 is 2.94 bits per heavy atom. The van der Waals surface area contributed by atoms with Crippen LogP contribution in [0.3, 0.4) is 0 Å². The van der Waals surface area contributed by atoms with Crippen molar-refractivity contribution in [2.75, 3.05) is 26.9 Å². The number of methoxy groups -OCH3 is 1. The number of aryl methyl sites for hydroxylation is 1. The fourth-order valence-corrected chi connectivity index (χ4v) is 2.42. The molecule has 1 saturated heterocycles. The van der Waals surface area contributed by atoms with Crippen molar-refractivity contribution in [2.24, 2.45) is 0 Å². The van der Waals surface area contributed by atoms with Gasteiger partial charge in [-0.2, -0.15) is 0 Å². The highest BCUT2D eigenvalue weighted by molar-refractivity contribution is 5.41. The Balaban J connectivity index is 2.18. The van der Waals surface area contributed by atoms with Crippen molar-refractivity contribution in [3.05, 3.63) is 23.0 Å². The lowest BCUT2D eigenvalue weighted by Crippen LogP contribution is -2.43. The number of ether oxygens (including phenoxy) is 2. The minimum absolute atomic E-state index is 0.451. The van der Waals surface area contributed by atoms with Gasteiger partial charge in [0.25, 0.3) is 0 Å². The van der Waals surface area contributed by atoms with Crippen LogP contribution in [0.2, 0.25) is 0 Å². The first-order valence-corrected chi connectivity index (χ1v) is 6.44. The van der Waals surface area contributed by atoms with Crippen molar-refractivity contribution >= 4 is 0 Å². The fourth-order valence-electron chi connectivity index (χ4n) is 2.42. The molecule has 0 saturated carbocycles. The molecule has 1 fully saturated rings. The predicted octanol–water partition coefficient (Wildman–Crippen LogP) is 1.93. The zero-order valence-corrected chi connectivity index (χ0v) is 11.7. The lowest BCUT2D eigenvalue weighted by Gasteiger charge is -2.33. The molecule has 0 unspecified atom stereocenters. The van der Waals surface area contributed by atoms with Gasteiger partial charge in [-0.3, -0.25) is 9.88 Å². The molecule has 0 spiro atoms. The van der Waals surface area contributed by atoms with E-state index in [9.17, 15) is 0 Å². The average Bonchev–Trinajstić information content (AvgIpc) is 2.36. The monoisotopic (exact) mass is 250 g/mol. The maximum absolute atomic E-state index is 5.46. The van der Waals surface area contributed by atoms with Gasteiger partial charge < -0.3 is 9.47 Å². The van der Waals surface area contributed by atoms with Crippen molar-refractivity contribution in [3.63, 3.8) is 0 Å². The third kappa shape index (κ3) is 2.65. The van der Waals surface area contributed by atoms with E-state index in [0.717, 1.165) is 48.9 Å². The average molecular weight is 250 g/mol. The highest BCUT2D eigenvalue weighted by Crippen LogP contribution is 2.25. The Morgan fingerprint density at radius 1 is 1.50 bits per heavy atom. The molecule has 2 heterocycles. The minimum Gasteiger partial charge on any atom is -0.496 e. The van der Waals surface area contributed by atoms with Gasteiger partial charge in [0.05, 0.1) is 26.0 Å². The van der Waals surface area contributed by atoms with E-state index in [1.807, 2.05) is 13.1 Å². The number of pyridine rings is 1. The van der Waals surface area contributed by atoms with Crippen molar-refractivity contribution in [3.8, 4) is 5.75 Å². The van der Waals surface area contributed by atoms with Gasteiger partial charge in [0.1, 0.15) is 5.75 Å². The summed E-state index contributed by atoms with van der Waals surface area (Å²) >= 11 is 0. The number of rotatable bonds is 3. The lowest BCUT2D eigenvalue weighted by atomic mass is 10.1. The summed E-state index contributed by atoms with van der Waals surface area (Å²) in [7, 11) is 1.72. The maximum Gasteiger partial charge on any atom is 0.128 e. The largest absolute Gasteiger partial charge is 0.496 e. The molecular weight excluding hydrogens is 228 g/mol. The van der Waals surface area contributed by atoms with Crippen LogP contribution in [-0.4, -0.2) is 42.8 Å². The molecule has 4 nitrogen and oxygen atoms in total. The third-order valence-electron chi connectivity index (χ3n) is 3.61. The molecule has 0 aliphatic carbocycles. The molecule has 1 aromatic rings. The molecule has 100 valence electrons. The van der Waals surface area contributed by atoms with E-state index in [1.54, 1.807) is 7.11 Å². The summed E-state index contributed by atoms with van der Waals surface area (Å²) in [4.78, 5) is 6.96. The maximum atomic E-state index is 5.46. The third-order valence-corrected chi connectivity index (χ3v) is 3.61. The molecule has 4 heteroatoms. The smallest absolute Gasteiger partial charge is 0.128 e. The zero-order valence-electron chi connectivity index (χ0n) is 11.7. The first-order valence-electron chi connectivity index (χ1n) is 6.44. The van der Waals surface area contributed by atoms with Crippen molar-refractivity contribution in [1.29, 1.82) is 0 Å². The van der Waals surface area contributed by atoms with E-state index in [-0.39, 0.29) is 0 Å². The van der Waals surface area contributed by atoms with E-state index in [2.05, 4.69) is 23.7 Å². The van der Waals surface area contributed by atoms with Gasteiger partial charge in [-0.25, -0.2) is 0 Å². The van der Waals surface area contributed by atoms with Crippen LogP contribution < -0.4 is 4.74 Å². The number of aromatic nitrogens is 1. The Bertz CT molecular complexity index is 421. The van der Waals surface area contributed by atoms with Crippen molar-refractivity contribution in [2.45, 2.75) is 33.4 Å². The van der Waals surface area contributed by atoms with Gasteiger partial charge in [-0.15, -0.1) is 0 Å². The molecule has 0 bridgehead atoms. The van der Waals surface area contributed by atoms with Gasteiger partial charge in [0, 0.05) is 36.5 Å². The molecule has 0 aromatic carbocycles. The predicted molar refractivity (Wildman–Crippen MR) is 71.0 cm³/mol. The second-order valence-electron chi connectivity index (χ2n) is 4.94. The van der Waals surface area contributed by atoms with Crippen LogP contribution in [0, 0.1) is 13.8 Å². The summed E-state index contributed by atoms with van der Waals surface area (Å²) in [5, 5.41) is 0. The van der Waals surface area contributed by atoms with E-state index in [1.165, 1.54) is 0 Å². The van der Waals surface area contributed by atoms with Gasteiger partial charge in [0.2, 0.25) is 0 Å². The van der Waals surface area contributed by atoms with Gasteiger partial charge >= 0.3 is 0 Å². The summed E-state index contributed by atoms with van der Waals surface area (Å²) < 4.78 is 10.9. The first-order chi connectivity index (χ1) is 8.63. The molecule has 0 amide bonds. The summed E-state index contributed by atoms with van der Waals surface area (Å²) in [6, 6.07) is 0.451. The van der Waals surface area contributed by atoms with Crippen LogP contribution in [0.1, 0.15) is 23.7 Å². The molecule has 18 heavy (non-hydrogen) atoms. The molecule has 1 aliphatic heterocycles. The molecular formula is C14H22N2O2. The van der Waals surface area contributed by atoms with Gasteiger partial charge in [0.15, 0.2) is 0 Å². The molecule has 0 N–H and O–H groups in total. The van der Waals surface area contributed by atoms with Crippen LogP contribution >= 0.6 is 0 Å². The Morgan fingerprint density at radius 2 is 2.28 bits per heavy atom. The molecule has 1 aromatic heterocycles. The van der Waals surface area contributed by atoms with Crippen LogP contribution in [0.4, 0.5) is 0 Å². The Hall–Kier alpha value is -1.13. The first kappa shape index (κ1) is 13.3. The summed E-state index contributed by atoms with van der Waals surface area (Å²) in [6.45, 7) is 9.76. The standard InChI is InChI=1S/C14H22N2O2/c1-10-7-15-13(12(3)14(10)17-4)8-16-5-6-18-9-11(16)2/h7,11H,5-6,8-9H2,1-4H3/t11-/m0/s1. The Kier molecular flexibility index (Phi) is 4.19. The van der Waals surface area contributed by atoms with Crippen LogP contribution in [0.15, 0.2) is 6.20 Å². The van der Waals surface area contributed by atoms with Crippen LogP contribution in [0.25, 0.3) is 0 Å². The highest BCUT2D eigenvalue weighted by atomic mass is 16.5. The topological polar surface area (TPSA) is 34.6 Å². The zero-order chi connectivity index (χ0) is 13.1. The normalized spacial score (nSPS) is 21.0. The SMILES string of the molecule is COc1c(C)cnc(CN2CCOC[C@@H]2C)c1C. The number of hydrogen-bond acceptors (Lipinski definition) is 4. The number of morpholine rings is 1. The van der Waals surface area contributed by atoms with E-state index in [4.69, 9.17) is 9.47 Å². The van der Waals surface area contributed by atoms with Crippen LogP contribution in [-0.2, 0) is 11.3 Å². The Labute approximate surface area is 109 Å². The lowest BCUT2D eigenvalue weighted by molar-refractivity contribution is -0.00502. The molecule has 2 rings (SSSR count). The summed E-state index contributed by atoms with van der Waals surface area (Å²) in [5.41, 5.74) is 3.34. The number of hydrogen-bond donors (Lipinski definition) is 0. The van der Waals surface area contributed by atoms with E-state index >= 15 is 0 Å². The second-order valence-corrected chi connectivity index (χ2v) is 4.94. The van der Waals surface area contributed by atoms with Crippen molar-refractivity contribution < 1.29 is 9.47 Å². The second kappa shape index (κ2) is 5.67. The van der Waals surface area contributed by atoms with Crippen molar-refractivity contribution in [1.82, 2.24) is 9.88 Å². The molecule has 1 atom stereocenters. The van der Waals surface area contributed by atoms with Gasteiger partial charge in [-0.1, -0.05) is 0 Å². The molecule has 0 radical (unpaired) electrons.